The van der Waals surface area contributed by atoms with Gasteiger partial charge in [-0.1, -0.05) is 55.2 Å². The Morgan fingerprint density at radius 3 is 2.62 bits per heavy atom. The van der Waals surface area contributed by atoms with Crippen LogP contribution in [0.1, 0.15) is 64.0 Å². The van der Waals surface area contributed by atoms with E-state index in [9.17, 15) is 15.2 Å². The molecule has 0 spiro atoms. The number of aliphatic hydroxyl groups is 1. The SMILES string of the molecule is CC(C)(CCO)C[C@@H]1N[C@@H](C(=O)NCC[C@H]2COC(C)(C)O2)[C@H](c2cccc(Cl)c2F)[C@@]1(C#N)c1ccc(Cl)cc1F. The fourth-order valence-electron chi connectivity index (χ4n) is 6.27. The highest BCUT2D eigenvalue weighted by Crippen LogP contribution is 2.53. The number of carbonyl (C=O) groups excluding carboxylic acids is 1. The van der Waals surface area contributed by atoms with E-state index in [0.29, 0.717) is 19.4 Å². The molecule has 2 aliphatic heterocycles. The molecule has 7 nitrogen and oxygen atoms in total. The molecule has 2 aromatic carbocycles. The van der Waals surface area contributed by atoms with Crippen LogP contribution in [0, 0.1) is 28.4 Å². The molecule has 2 aliphatic rings. The second kappa shape index (κ2) is 12.7. The summed E-state index contributed by atoms with van der Waals surface area (Å²) in [6.45, 7) is 7.98. The molecule has 42 heavy (non-hydrogen) atoms. The second-order valence-corrected chi connectivity index (χ2v) is 13.1. The molecule has 0 saturated carbocycles. The molecule has 1 amide bonds. The molecule has 0 aliphatic carbocycles. The van der Waals surface area contributed by atoms with Crippen molar-refractivity contribution >= 4 is 29.1 Å². The van der Waals surface area contributed by atoms with Gasteiger partial charge in [-0.15, -0.1) is 0 Å². The van der Waals surface area contributed by atoms with Crippen molar-refractivity contribution in [2.45, 2.75) is 82.3 Å². The van der Waals surface area contributed by atoms with Gasteiger partial charge in [-0.25, -0.2) is 8.78 Å². The number of hydrogen-bond acceptors (Lipinski definition) is 6. The summed E-state index contributed by atoms with van der Waals surface area (Å²) in [4.78, 5) is 13.9. The molecule has 4 rings (SSSR count). The quantitative estimate of drug-likeness (QED) is 0.318. The lowest BCUT2D eigenvalue weighted by atomic mass is 9.62. The average molecular weight is 625 g/mol. The summed E-state index contributed by atoms with van der Waals surface area (Å²) in [6, 6.07) is 8.77. The van der Waals surface area contributed by atoms with E-state index in [0.717, 1.165) is 6.07 Å². The van der Waals surface area contributed by atoms with Crippen LogP contribution in [0.15, 0.2) is 36.4 Å². The van der Waals surface area contributed by atoms with E-state index < -0.39 is 52.2 Å². The molecule has 2 heterocycles. The van der Waals surface area contributed by atoms with Gasteiger partial charge in [0.25, 0.3) is 0 Å². The number of amides is 1. The second-order valence-electron chi connectivity index (χ2n) is 12.3. The summed E-state index contributed by atoms with van der Waals surface area (Å²) in [5.74, 6) is -3.89. The molecule has 11 heteroatoms. The van der Waals surface area contributed by atoms with E-state index >= 15 is 8.78 Å². The van der Waals surface area contributed by atoms with Crippen molar-refractivity contribution in [3.05, 3.63) is 69.2 Å². The third-order valence-corrected chi connectivity index (χ3v) is 8.82. The fraction of sp³-hybridized carbons (Fsp3) is 0.548. The predicted octanol–water partition coefficient (Wildman–Crippen LogP) is 5.61. The third kappa shape index (κ3) is 6.59. The fourth-order valence-corrected chi connectivity index (χ4v) is 6.61. The minimum absolute atomic E-state index is 0.00916. The van der Waals surface area contributed by atoms with Gasteiger partial charge in [0.1, 0.15) is 17.0 Å². The Labute approximate surface area is 255 Å². The highest BCUT2D eigenvalue weighted by Gasteiger charge is 2.61. The maximum atomic E-state index is 15.8. The normalized spacial score (nSPS) is 27.1. The standard InChI is InChI=1S/C31H37Cl2F2N3O4/c1-29(2,11-13-39)15-24-31(17-36,21-9-8-18(32)14-23(21)34)25(20-6-5-7-22(33)26(20)35)27(38-24)28(40)37-12-10-19-16-41-30(3,4)42-19/h5-9,14,19,24-25,27,38-39H,10-13,15-16H2,1-4H3,(H,37,40)/t19-,24-,25-,27+,31-/m0/s1. The molecule has 0 unspecified atom stereocenters. The van der Waals surface area contributed by atoms with Gasteiger partial charge in [0.15, 0.2) is 5.79 Å². The van der Waals surface area contributed by atoms with E-state index in [-0.39, 0.29) is 46.8 Å². The number of nitriles is 1. The molecule has 2 aromatic rings. The molecule has 2 saturated heterocycles. The van der Waals surface area contributed by atoms with Crippen molar-refractivity contribution in [1.29, 1.82) is 5.26 Å². The van der Waals surface area contributed by atoms with Crippen molar-refractivity contribution < 1.29 is 28.2 Å². The minimum atomic E-state index is -1.75. The van der Waals surface area contributed by atoms with Crippen molar-refractivity contribution in [1.82, 2.24) is 10.6 Å². The van der Waals surface area contributed by atoms with Crippen molar-refractivity contribution in [2.24, 2.45) is 5.41 Å². The molecule has 0 radical (unpaired) electrons. The lowest BCUT2D eigenvalue weighted by Gasteiger charge is -2.38. The van der Waals surface area contributed by atoms with E-state index in [1.807, 2.05) is 27.7 Å². The topological polar surface area (TPSA) is 104 Å². The largest absolute Gasteiger partial charge is 0.396 e. The number of rotatable bonds is 10. The van der Waals surface area contributed by atoms with E-state index in [4.69, 9.17) is 32.7 Å². The summed E-state index contributed by atoms with van der Waals surface area (Å²) >= 11 is 12.3. The van der Waals surface area contributed by atoms with E-state index in [1.54, 1.807) is 0 Å². The first-order chi connectivity index (χ1) is 19.7. The zero-order valence-electron chi connectivity index (χ0n) is 24.1. The van der Waals surface area contributed by atoms with Crippen molar-refractivity contribution in [3.63, 3.8) is 0 Å². The number of benzene rings is 2. The molecule has 5 atom stereocenters. The Bertz CT molecular complexity index is 1350. The summed E-state index contributed by atoms with van der Waals surface area (Å²) in [6.07, 6.45) is 0.920. The first-order valence-corrected chi connectivity index (χ1v) is 14.8. The van der Waals surface area contributed by atoms with Crippen LogP contribution in [-0.4, -0.2) is 54.7 Å². The number of halogens is 4. The van der Waals surface area contributed by atoms with Gasteiger partial charge in [0.05, 0.1) is 29.8 Å². The molecule has 228 valence electrons. The van der Waals surface area contributed by atoms with Gasteiger partial charge in [0, 0.05) is 35.7 Å². The Kier molecular flexibility index (Phi) is 9.88. The van der Waals surface area contributed by atoms with Crippen LogP contribution >= 0.6 is 23.2 Å². The van der Waals surface area contributed by atoms with Crippen LogP contribution in [-0.2, 0) is 19.7 Å². The number of ether oxygens (including phenoxy) is 2. The van der Waals surface area contributed by atoms with Gasteiger partial charge in [-0.3, -0.25) is 4.79 Å². The van der Waals surface area contributed by atoms with Crippen molar-refractivity contribution in [3.8, 4) is 6.07 Å². The van der Waals surface area contributed by atoms with E-state index in [2.05, 4.69) is 16.7 Å². The number of nitrogens with one attached hydrogen (secondary N) is 2. The molecular weight excluding hydrogens is 587 g/mol. The Morgan fingerprint density at radius 1 is 1.26 bits per heavy atom. The Hall–Kier alpha value is -2.32. The average Bonchev–Trinajstić information content (AvgIpc) is 3.42. The van der Waals surface area contributed by atoms with Gasteiger partial charge in [-0.2, -0.15) is 5.26 Å². The number of carbonyl (C=O) groups is 1. The molecule has 0 aromatic heterocycles. The number of aliphatic hydroxyl groups excluding tert-OH is 1. The zero-order chi connectivity index (χ0) is 30.9. The monoisotopic (exact) mass is 623 g/mol. The summed E-state index contributed by atoms with van der Waals surface area (Å²) < 4.78 is 43.0. The van der Waals surface area contributed by atoms with Crippen LogP contribution < -0.4 is 10.6 Å². The first-order valence-electron chi connectivity index (χ1n) is 14.0. The Morgan fingerprint density at radius 2 is 2.00 bits per heavy atom. The highest BCUT2D eigenvalue weighted by atomic mass is 35.5. The molecular formula is C31H37Cl2F2N3O4. The van der Waals surface area contributed by atoms with Gasteiger partial charge >= 0.3 is 0 Å². The number of nitrogens with zero attached hydrogens (tertiary/aromatic N) is 1. The van der Waals surface area contributed by atoms with Gasteiger partial charge in [-0.05, 0) is 62.3 Å². The molecule has 3 N–H and O–H groups in total. The molecule has 0 bridgehead atoms. The number of hydrogen-bond donors (Lipinski definition) is 3. The summed E-state index contributed by atoms with van der Waals surface area (Å²) in [7, 11) is 0. The van der Waals surface area contributed by atoms with Crippen LogP contribution in [0.3, 0.4) is 0 Å². The summed E-state index contributed by atoms with van der Waals surface area (Å²) in [5.41, 5.74) is -2.26. The third-order valence-electron chi connectivity index (χ3n) is 8.29. The summed E-state index contributed by atoms with van der Waals surface area (Å²) in [5, 5.41) is 26.8. The lowest BCUT2D eigenvalue weighted by molar-refractivity contribution is -0.138. The van der Waals surface area contributed by atoms with Crippen LogP contribution in [0.5, 0.6) is 0 Å². The minimum Gasteiger partial charge on any atom is -0.396 e. The lowest BCUT2D eigenvalue weighted by Crippen LogP contribution is -2.46. The maximum absolute atomic E-state index is 15.8. The Balaban J connectivity index is 1.80. The van der Waals surface area contributed by atoms with Crippen LogP contribution in [0.25, 0.3) is 0 Å². The van der Waals surface area contributed by atoms with Crippen LogP contribution in [0.4, 0.5) is 8.78 Å². The van der Waals surface area contributed by atoms with Gasteiger partial charge in [0.2, 0.25) is 5.91 Å². The zero-order valence-corrected chi connectivity index (χ0v) is 25.7. The van der Waals surface area contributed by atoms with Crippen molar-refractivity contribution in [2.75, 3.05) is 19.8 Å². The maximum Gasteiger partial charge on any atom is 0.237 e. The predicted molar refractivity (Wildman–Crippen MR) is 156 cm³/mol. The first kappa shape index (κ1) is 32.6. The highest BCUT2D eigenvalue weighted by molar-refractivity contribution is 6.31. The van der Waals surface area contributed by atoms with E-state index in [1.165, 1.54) is 30.3 Å². The molecule has 2 fully saturated rings. The smallest absolute Gasteiger partial charge is 0.237 e. The van der Waals surface area contributed by atoms with Crippen LogP contribution in [0.2, 0.25) is 10.0 Å². The van der Waals surface area contributed by atoms with Gasteiger partial charge < -0.3 is 25.2 Å².